The Bertz CT molecular complexity index is 490. The summed E-state index contributed by atoms with van der Waals surface area (Å²) in [4.78, 5) is 19.5. The van der Waals surface area contributed by atoms with E-state index in [1.54, 1.807) is 0 Å². The normalized spacial score (nSPS) is 17.5. The highest BCUT2D eigenvalue weighted by Gasteiger charge is 2.30. The van der Waals surface area contributed by atoms with Crippen LogP contribution in [0.2, 0.25) is 0 Å². The number of hydrogen-bond acceptors (Lipinski definition) is 5. The molecule has 1 amide bonds. The van der Waals surface area contributed by atoms with Crippen LogP contribution in [-0.2, 0) is 0 Å². The summed E-state index contributed by atoms with van der Waals surface area (Å²) in [6.07, 6.45) is 5.71. The Morgan fingerprint density at radius 2 is 1.95 bits per heavy atom. The molecule has 1 heterocycles. The number of anilines is 2. The monoisotopic (exact) mass is 310 g/mol. The third kappa shape index (κ3) is 3.67. The van der Waals surface area contributed by atoms with Gasteiger partial charge in [-0.3, -0.25) is 4.79 Å². The molecule has 1 aliphatic carbocycles. The van der Waals surface area contributed by atoms with E-state index in [2.05, 4.69) is 36.0 Å². The maximum atomic E-state index is 12.5. The lowest BCUT2D eigenvalue weighted by Gasteiger charge is -2.34. The van der Waals surface area contributed by atoms with Crippen LogP contribution in [-0.4, -0.2) is 29.5 Å². The lowest BCUT2D eigenvalue weighted by molar-refractivity contribution is 0.0887. The van der Waals surface area contributed by atoms with E-state index < -0.39 is 0 Å². The molecule has 0 bridgehead atoms. The van der Waals surface area contributed by atoms with Crippen molar-refractivity contribution in [3.63, 3.8) is 0 Å². The second kappa shape index (κ2) is 6.64. The first-order valence-electron chi connectivity index (χ1n) is 7.83. The molecule has 0 radical (unpaired) electrons. The highest BCUT2D eigenvalue weighted by atomic mass is 32.1. The lowest BCUT2D eigenvalue weighted by Crippen LogP contribution is -2.47. The Kier molecular flexibility index (Phi) is 5.08. The Morgan fingerprint density at radius 3 is 2.52 bits per heavy atom. The van der Waals surface area contributed by atoms with Crippen LogP contribution in [0.25, 0.3) is 0 Å². The van der Waals surface area contributed by atoms with Crippen LogP contribution in [0.5, 0.6) is 0 Å². The Hall–Kier alpha value is -1.30. The van der Waals surface area contributed by atoms with E-state index in [4.69, 9.17) is 5.73 Å². The van der Waals surface area contributed by atoms with Gasteiger partial charge in [-0.1, -0.05) is 30.6 Å². The second-order valence-corrected chi connectivity index (χ2v) is 6.94. The summed E-state index contributed by atoms with van der Waals surface area (Å²) >= 11 is 1.39. The number of carbonyl (C=O) groups excluding carboxylic acids is 1. The van der Waals surface area contributed by atoms with Gasteiger partial charge < -0.3 is 16.0 Å². The van der Waals surface area contributed by atoms with Crippen molar-refractivity contribution < 1.29 is 4.79 Å². The van der Waals surface area contributed by atoms with Gasteiger partial charge in [0.1, 0.15) is 10.7 Å². The molecule has 1 aromatic rings. The molecule has 5 nitrogen and oxygen atoms in total. The number of thiazole rings is 1. The molecule has 0 atom stereocenters. The number of nitrogens with two attached hydrogens (primary N) is 1. The van der Waals surface area contributed by atoms with E-state index in [1.807, 2.05) is 0 Å². The molecule has 1 aromatic heterocycles. The third-order valence-electron chi connectivity index (χ3n) is 4.25. The van der Waals surface area contributed by atoms with E-state index >= 15 is 0 Å². The van der Waals surface area contributed by atoms with Gasteiger partial charge >= 0.3 is 0 Å². The smallest absolute Gasteiger partial charge is 0.265 e. The second-order valence-electron chi connectivity index (χ2n) is 5.96. The van der Waals surface area contributed by atoms with E-state index in [9.17, 15) is 4.79 Å². The highest BCUT2D eigenvalue weighted by Crippen LogP contribution is 2.31. The Balaban J connectivity index is 2.12. The maximum absolute atomic E-state index is 12.5. The number of rotatable bonds is 5. The molecule has 3 N–H and O–H groups in total. The van der Waals surface area contributed by atoms with Crippen LogP contribution < -0.4 is 16.0 Å². The fraction of sp³-hybridized carbons (Fsp3) is 0.733. The lowest BCUT2D eigenvalue weighted by atomic mass is 9.83. The summed E-state index contributed by atoms with van der Waals surface area (Å²) in [7, 11) is 0. The Labute approximate surface area is 130 Å². The summed E-state index contributed by atoms with van der Waals surface area (Å²) in [5, 5.41) is 4.00. The first-order chi connectivity index (χ1) is 9.99. The fourth-order valence-corrected chi connectivity index (χ4v) is 3.91. The standard InChI is InChI=1S/C15H26N4OS/c1-4-19(5-2)14-17-12(16)11(21-14)13(20)18-15(3)9-7-6-8-10-15/h4-10,16H2,1-3H3,(H,18,20). The number of amides is 1. The van der Waals surface area contributed by atoms with Crippen LogP contribution >= 0.6 is 11.3 Å². The molecule has 6 heteroatoms. The van der Waals surface area contributed by atoms with Crippen LogP contribution in [0.15, 0.2) is 0 Å². The van der Waals surface area contributed by atoms with Crippen LogP contribution in [0, 0.1) is 0 Å². The molecule has 118 valence electrons. The number of hydrogen-bond donors (Lipinski definition) is 2. The van der Waals surface area contributed by atoms with Gasteiger partial charge in [-0.2, -0.15) is 0 Å². The predicted molar refractivity (Wildman–Crippen MR) is 89.0 cm³/mol. The molecular weight excluding hydrogens is 284 g/mol. The van der Waals surface area contributed by atoms with E-state index in [-0.39, 0.29) is 11.4 Å². The molecule has 1 saturated carbocycles. The topological polar surface area (TPSA) is 71.2 Å². The van der Waals surface area contributed by atoms with Crippen molar-refractivity contribution in [1.29, 1.82) is 0 Å². The van der Waals surface area contributed by atoms with E-state index in [1.165, 1.54) is 30.6 Å². The molecule has 0 spiro atoms. The fourth-order valence-electron chi connectivity index (χ4n) is 2.90. The highest BCUT2D eigenvalue weighted by molar-refractivity contribution is 7.18. The van der Waals surface area contributed by atoms with Gasteiger partial charge in [0.15, 0.2) is 5.13 Å². The molecule has 0 aliphatic heterocycles. The number of aromatic nitrogens is 1. The van der Waals surface area contributed by atoms with Crippen LogP contribution in [0.1, 0.15) is 62.5 Å². The summed E-state index contributed by atoms with van der Waals surface area (Å²) in [5.74, 6) is 0.270. The first kappa shape index (κ1) is 16.1. The molecular formula is C15H26N4OS. The quantitative estimate of drug-likeness (QED) is 0.877. The van der Waals surface area contributed by atoms with Crippen molar-refractivity contribution in [2.45, 2.75) is 58.4 Å². The molecule has 1 fully saturated rings. The summed E-state index contributed by atoms with van der Waals surface area (Å²) in [5.41, 5.74) is 5.85. The van der Waals surface area contributed by atoms with Crippen molar-refractivity contribution in [3.05, 3.63) is 4.88 Å². The van der Waals surface area contributed by atoms with Crippen molar-refractivity contribution in [3.8, 4) is 0 Å². The molecule has 1 aliphatic rings. The SMILES string of the molecule is CCN(CC)c1nc(N)c(C(=O)NC2(C)CCCCC2)s1. The predicted octanol–water partition coefficient (Wildman–Crippen LogP) is 3.02. The number of nitrogens with zero attached hydrogens (tertiary/aromatic N) is 2. The average molecular weight is 310 g/mol. The zero-order chi connectivity index (χ0) is 15.5. The molecule has 2 rings (SSSR count). The summed E-state index contributed by atoms with van der Waals surface area (Å²) in [6.45, 7) is 8.00. The first-order valence-corrected chi connectivity index (χ1v) is 8.64. The van der Waals surface area contributed by atoms with Crippen molar-refractivity contribution in [2.75, 3.05) is 23.7 Å². The van der Waals surface area contributed by atoms with E-state index in [0.717, 1.165) is 31.1 Å². The number of carbonyl (C=O) groups is 1. The van der Waals surface area contributed by atoms with Gasteiger partial charge in [-0.25, -0.2) is 4.98 Å². The number of nitrogens with one attached hydrogen (secondary N) is 1. The summed E-state index contributed by atoms with van der Waals surface area (Å²) in [6, 6.07) is 0. The van der Waals surface area contributed by atoms with Crippen LogP contribution in [0.4, 0.5) is 10.9 Å². The van der Waals surface area contributed by atoms with Gasteiger partial charge in [-0.05, 0) is 33.6 Å². The van der Waals surface area contributed by atoms with Crippen molar-refractivity contribution >= 4 is 28.2 Å². The Morgan fingerprint density at radius 1 is 1.33 bits per heavy atom. The maximum Gasteiger partial charge on any atom is 0.265 e. The zero-order valence-electron chi connectivity index (χ0n) is 13.2. The summed E-state index contributed by atoms with van der Waals surface area (Å²) < 4.78 is 0. The van der Waals surface area contributed by atoms with Crippen molar-refractivity contribution in [2.24, 2.45) is 0 Å². The molecule has 0 aromatic carbocycles. The average Bonchev–Trinajstić information content (AvgIpc) is 2.82. The molecule has 21 heavy (non-hydrogen) atoms. The third-order valence-corrected chi connectivity index (χ3v) is 5.39. The van der Waals surface area contributed by atoms with Gasteiger partial charge in [0.05, 0.1) is 0 Å². The van der Waals surface area contributed by atoms with Gasteiger partial charge in [0.25, 0.3) is 5.91 Å². The minimum Gasteiger partial charge on any atom is -0.382 e. The minimum atomic E-state index is -0.0961. The van der Waals surface area contributed by atoms with Crippen LogP contribution in [0.3, 0.4) is 0 Å². The van der Waals surface area contributed by atoms with Gasteiger partial charge in [0.2, 0.25) is 0 Å². The van der Waals surface area contributed by atoms with Gasteiger partial charge in [-0.15, -0.1) is 0 Å². The largest absolute Gasteiger partial charge is 0.382 e. The van der Waals surface area contributed by atoms with E-state index in [0.29, 0.717) is 10.7 Å². The number of nitrogen functional groups attached to an aromatic ring is 1. The van der Waals surface area contributed by atoms with Crippen molar-refractivity contribution in [1.82, 2.24) is 10.3 Å². The van der Waals surface area contributed by atoms with Gasteiger partial charge in [0, 0.05) is 18.6 Å². The minimum absolute atomic E-state index is 0.0761. The zero-order valence-corrected chi connectivity index (χ0v) is 14.1. The molecule has 0 unspecified atom stereocenters. The molecule has 0 saturated heterocycles.